The number of nitrogens with zero attached hydrogens (tertiary/aromatic N) is 1. The summed E-state index contributed by atoms with van der Waals surface area (Å²) in [5, 5.41) is 2.90. The van der Waals surface area contributed by atoms with Crippen molar-refractivity contribution in [2.45, 2.75) is 52.5 Å². The maximum absolute atomic E-state index is 12.0. The minimum Gasteiger partial charge on any atom is -0.381 e. The van der Waals surface area contributed by atoms with E-state index in [0.29, 0.717) is 26.1 Å². The van der Waals surface area contributed by atoms with Crippen LogP contribution < -0.4 is 5.32 Å². The van der Waals surface area contributed by atoms with E-state index in [4.69, 9.17) is 4.74 Å². The Hall–Kier alpha value is -1.10. The number of nitrogens with one attached hydrogen (secondary N) is 1. The van der Waals surface area contributed by atoms with Crippen LogP contribution in [0.4, 0.5) is 0 Å². The lowest BCUT2D eigenvalue weighted by Gasteiger charge is -2.20. The molecule has 1 saturated heterocycles. The Bertz CT molecular complexity index is 318. The molecule has 0 aromatic rings. The first-order valence-electron chi connectivity index (χ1n) is 7.71. The zero-order valence-corrected chi connectivity index (χ0v) is 13.0. The van der Waals surface area contributed by atoms with Crippen LogP contribution in [0, 0.1) is 5.92 Å². The largest absolute Gasteiger partial charge is 0.381 e. The van der Waals surface area contributed by atoms with Crippen molar-refractivity contribution in [1.82, 2.24) is 10.2 Å². The molecule has 0 spiro atoms. The van der Waals surface area contributed by atoms with Gasteiger partial charge in [0, 0.05) is 38.8 Å². The molecule has 1 N–H and O–H groups in total. The van der Waals surface area contributed by atoms with Gasteiger partial charge in [-0.25, -0.2) is 0 Å². The summed E-state index contributed by atoms with van der Waals surface area (Å²) in [6, 6.07) is 0.173. The lowest BCUT2D eigenvalue weighted by molar-refractivity contribution is -0.129. The monoisotopic (exact) mass is 284 g/mol. The normalized spacial score (nSPS) is 18.9. The van der Waals surface area contributed by atoms with Crippen molar-refractivity contribution in [1.29, 1.82) is 0 Å². The predicted molar refractivity (Wildman–Crippen MR) is 78.3 cm³/mol. The van der Waals surface area contributed by atoms with Crippen LogP contribution in [-0.2, 0) is 14.3 Å². The highest BCUT2D eigenvalue weighted by atomic mass is 16.5. The Morgan fingerprint density at radius 2 is 2.10 bits per heavy atom. The van der Waals surface area contributed by atoms with Crippen molar-refractivity contribution < 1.29 is 14.3 Å². The molecule has 1 aliphatic heterocycles. The topological polar surface area (TPSA) is 58.6 Å². The van der Waals surface area contributed by atoms with E-state index in [9.17, 15) is 9.59 Å². The number of rotatable bonds is 9. The van der Waals surface area contributed by atoms with Gasteiger partial charge in [0.1, 0.15) is 0 Å². The molecule has 0 saturated carbocycles. The molecule has 0 aromatic heterocycles. The van der Waals surface area contributed by atoms with Gasteiger partial charge in [0.05, 0.1) is 5.92 Å². The van der Waals surface area contributed by atoms with Crippen LogP contribution in [0.25, 0.3) is 0 Å². The average Bonchev–Trinajstić information content (AvgIpc) is 2.80. The first-order valence-corrected chi connectivity index (χ1v) is 7.71. The number of likely N-dealkylation sites (tertiary alicyclic amines) is 1. The Morgan fingerprint density at radius 1 is 1.40 bits per heavy atom. The van der Waals surface area contributed by atoms with Gasteiger partial charge in [-0.05, 0) is 26.7 Å². The molecule has 5 nitrogen and oxygen atoms in total. The summed E-state index contributed by atoms with van der Waals surface area (Å²) in [5.74, 6) is -0.107. The molecule has 1 fully saturated rings. The van der Waals surface area contributed by atoms with Gasteiger partial charge in [0.15, 0.2) is 0 Å². The first-order chi connectivity index (χ1) is 9.56. The van der Waals surface area contributed by atoms with Crippen molar-refractivity contribution in [2.75, 3.05) is 26.3 Å². The lowest BCUT2D eigenvalue weighted by atomic mass is 10.1. The smallest absolute Gasteiger partial charge is 0.225 e. The summed E-state index contributed by atoms with van der Waals surface area (Å²) < 4.78 is 5.43. The van der Waals surface area contributed by atoms with E-state index >= 15 is 0 Å². The predicted octanol–water partition coefficient (Wildman–Crippen LogP) is 1.57. The molecule has 0 aliphatic carbocycles. The van der Waals surface area contributed by atoms with Crippen molar-refractivity contribution in [3.63, 3.8) is 0 Å². The summed E-state index contributed by atoms with van der Waals surface area (Å²) in [6.45, 7) is 8.74. The minimum absolute atomic E-state index is 0.00458. The van der Waals surface area contributed by atoms with E-state index in [1.807, 2.05) is 13.8 Å². The van der Waals surface area contributed by atoms with Gasteiger partial charge in [-0.1, -0.05) is 13.3 Å². The van der Waals surface area contributed by atoms with Crippen molar-refractivity contribution in [2.24, 2.45) is 5.92 Å². The second-order valence-electron chi connectivity index (χ2n) is 5.65. The molecular formula is C15H28N2O3. The summed E-state index contributed by atoms with van der Waals surface area (Å²) in [6.07, 6.45) is 3.39. The van der Waals surface area contributed by atoms with Crippen molar-refractivity contribution >= 4 is 11.8 Å². The summed E-state index contributed by atoms with van der Waals surface area (Å²) in [4.78, 5) is 25.5. The van der Waals surface area contributed by atoms with Gasteiger partial charge in [-0.3, -0.25) is 9.59 Å². The number of unbranched alkanes of at least 4 members (excludes halogenated alkanes) is 1. The quantitative estimate of drug-likeness (QED) is 0.654. The zero-order chi connectivity index (χ0) is 15.0. The Morgan fingerprint density at radius 3 is 2.70 bits per heavy atom. The molecule has 0 radical (unpaired) electrons. The molecule has 0 bridgehead atoms. The highest BCUT2D eigenvalue weighted by molar-refractivity contribution is 5.89. The van der Waals surface area contributed by atoms with Gasteiger partial charge in [0.2, 0.25) is 11.8 Å². The second kappa shape index (κ2) is 8.95. The molecular weight excluding hydrogens is 256 g/mol. The number of hydrogen-bond acceptors (Lipinski definition) is 3. The van der Waals surface area contributed by atoms with E-state index in [0.717, 1.165) is 25.9 Å². The third-order valence-corrected chi connectivity index (χ3v) is 3.56. The average molecular weight is 284 g/mol. The number of carbonyl (C=O) groups excluding carboxylic acids is 2. The van der Waals surface area contributed by atoms with Crippen LogP contribution in [0.5, 0.6) is 0 Å². The second-order valence-corrected chi connectivity index (χ2v) is 5.65. The summed E-state index contributed by atoms with van der Waals surface area (Å²) >= 11 is 0. The fourth-order valence-electron chi connectivity index (χ4n) is 2.28. The third-order valence-electron chi connectivity index (χ3n) is 3.56. The van der Waals surface area contributed by atoms with Crippen LogP contribution in [-0.4, -0.2) is 49.1 Å². The van der Waals surface area contributed by atoms with Crippen LogP contribution in [0.1, 0.15) is 46.5 Å². The molecule has 2 amide bonds. The SMILES string of the molecule is CCCCOCCCNC(=O)[C@H]1CC(=O)N(C(C)C)C1. The molecule has 0 aromatic carbocycles. The maximum Gasteiger partial charge on any atom is 0.225 e. The van der Waals surface area contributed by atoms with Crippen LogP contribution >= 0.6 is 0 Å². The van der Waals surface area contributed by atoms with Gasteiger partial charge in [0.25, 0.3) is 0 Å². The number of ether oxygens (including phenoxy) is 1. The molecule has 0 unspecified atom stereocenters. The molecule has 1 atom stereocenters. The van der Waals surface area contributed by atoms with Crippen LogP contribution in [0.3, 0.4) is 0 Å². The van der Waals surface area contributed by atoms with Gasteiger partial charge < -0.3 is 15.0 Å². The molecule has 1 rings (SSSR count). The van der Waals surface area contributed by atoms with Gasteiger partial charge >= 0.3 is 0 Å². The third kappa shape index (κ3) is 5.49. The van der Waals surface area contributed by atoms with Crippen LogP contribution in [0.2, 0.25) is 0 Å². The molecule has 5 heteroatoms. The molecule has 20 heavy (non-hydrogen) atoms. The minimum atomic E-state index is -0.189. The van der Waals surface area contributed by atoms with E-state index in [-0.39, 0.29) is 23.8 Å². The van der Waals surface area contributed by atoms with Gasteiger partial charge in [-0.2, -0.15) is 0 Å². The van der Waals surface area contributed by atoms with Crippen LogP contribution in [0.15, 0.2) is 0 Å². The summed E-state index contributed by atoms with van der Waals surface area (Å²) in [5.41, 5.74) is 0. The molecule has 1 aliphatic rings. The van der Waals surface area contributed by atoms with E-state index in [1.54, 1.807) is 4.90 Å². The van der Waals surface area contributed by atoms with Crippen molar-refractivity contribution in [3.05, 3.63) is 0 Å². The Balaban J connectivity index is 2.13. The lowest BCUT2D eigenvalue weighted by Crippen LogP contribution is -2.36. The number of carbonyl (C=O) groups is 2. The molecule has 116 valence electrons. The Kier molecular flexibility index (Phi) is 7.59. The van der Waals surface area contributed by atoms with Gasteiger partial charge in [-0.15, -0.1) is 0 Å². The molecule has 1 heterocycles. The van der Waals surface area contributed by atoms with E-state index in [1.165, 1.54) is 0 Å². The maximum atomic E-state index is 12.0. The Labute approximate surface area is 122 Å². The van der Waals surface area contributed by atoms with E-state index < -0.39 is 0 Å². The standard InChI is InChI=1S/C15H28N2O3/c1-4-5-8-20-9-6-7-16-15(19)13-10-14(18)17(11-13)12(2)3/h12-13H,4-11H2,1-3H3,(H,16,19)/t13-/m0/s1. The summed E-state index contributed by atoms with van der Waals surface area (Å²) in [7, 11) is 0. The number of amides is 2. The van der Waals surface area contributed by atoms with E-state index in [2.05, 4.69) is 12.2 Å². The first kappa shape index (κ1) is 17.0. The highest BCUT2D eigenvalue weighted by Gasteiger charge is 2.35. The fraction of sp³-hybridized carbons (Fsp3) is 0.867. The highest BCUT2D eigenvalue weighted by Crippen LogP contribution is 2.20. The van der Waals surface area contributed by atoms with Crippen molar-refractivity contribution in [3.8, 4) is 0 Å². The zero-order valence-electron chi connectivity index (χ0n) is 13.0. The fourth-order valence-corrected chi connectivity index (χ4v) is 2.28. The number of hydrogen-bond donors (Lipinski definition) is 1.